The Morgan fingerprint density at radius 2 is 1.90 bits per heavy atom. The summed E-state index contributed by atoms with van der Waals surface area (Å²) in [6, 6.07) is 12.4. The third kappa shape index (κ3) is 3.62. The van der Waals surface area contributed by atoms with Crippen molar-refractivity contribution in [1.82, 2.24) is 10.2 Å². The highest BCUT2D eigenvalue weighted by atomic mass is 15.1. The van der Waals surface area contributed by atoms with Crippen LogP contribution < -0.4 is 5.32 Å². The topological polar surface area (TPSA) is 15.3 Å². The van der Waals surface area contributed by atoms with Crippen molar-refractivity contribution < 1.29 is 0 Å². The maximum absolute atomic E-state index is 3.99. The molecule has 0 radical (unpaired) electrons. The third-order valence-electron chi connectivity index (χ3n) is 4.94. The second-order valence-corrected chi connectivity index (χ2v) is 6.45. The molecular weight excluding hydrogens is 244 g/mol. The van der Waals surface area contributed by atoms with Crippen LogP contribution in [0, 0.1) is 5.92 Å². The van der Waals surface area contributed by atoms with Gasteiger partial charge in [-0.25, -0.2) is 0 Å². The van der Waals surface area contributed by atoms with Crippen molar-refractivity contribution in [3.8, 4) is 0 Å². The molecule has 1 aromatic rings. The summed E-state index contributed by atoms with van der Waals surface area (Å²) in [5.41, 5.74) is 1.49. The Balaban J connectivity index is 1.62. The monoisotopic (exact) mass is 272 g/mol. The molecule has 1 saturated carbocycles. The Kier molecular flexibility index (Phi) is 4.74. The summed E-state index contributed by atoms with van der Waals surface area (Å²) < 4.78 is 0. The highest BCUT2D eigenvalue weighted by molar-refractivity contribution is 5.21. The fraction of sp³-hybridized carbons (Fsp3) is 0.667. The molecule has 2 unspecified atom stereocenters. The van der Waals surface area contributed by atoms with Crippen molar-refractivity contribution >= 4 is 0 Å². The molecule has 1 aliphatic heterocycles. The Bertz CT molecular complexity index is 399. The van der Waals surface area contributed by atoms with E-state index in [4.69, 9.17) is 0 Å². The van der Waals surface area contributed by atoms with Crippen molar-refractivity contribution in [3.05, 3.63) is 35.9 Å². The molecule has 0 bridgehead atoms. The Morgan fingerprint density at radius 1 is 1.10 bits per heavy atom. The van der Waals surface area contributed by atoms with Gasteiger partial charge in [-0.1, -0.05) is 37.3 Å². The van der Waals surface area contributed by atoms with Gasteiger partial charge in [0, 0.05) is 12.1 Å². The van der Waals surface area contributed by atoms with Gasteiger partial charge >= 0.3 is 0 Å². The van der Waals surface area contributed by atoms with Crippen molar-refractivity contribution in [1.29, 1.82) is 0 Å². The van der Waals surface area contributed by atoms with Gasteiger partial charge in [0.15, 0.2) is 0 Å². The SMILES string of the molecule is CCN1CCCC(NC(c2ccccc2)C2CC2)CC1. The minimum Gasteiger partial charge on any atom is -0.307 e. The van der Waals surface area contributed by atoms with Crippen LogP contribution in [-0.2, 0) is 0 Å². The fourth-order valence-corrected chi connectivity index (χ4v) is 3.49. The zero-order valence-corrected chi connectivity index (χ0v) is 12.7. The largest absolute Gasteiger partial charge is 0.307 e. The van der Waals surface area contributed by atoms with Crippen LogP contribution in [0.4, 0.5) is 0 Å². The fourth-order valence-electron chi connectivity index (χ4n) is 3.49. The summed E-state index contributed by atoms with van der Waals surface area (Å²) in [6.07, 6.45) is 6.80. The van der Waals surface area contributed by atoms with Gasteiger partial charge in [0.05, 0.1) is 0 Å². The Labute approximate surface area is 123 Å². The molecule has 2 aliphatic rings. The van der Waals surface area contributed by atoms with E-state index in [-0.39, 0.29) is 0 Å². The molecule has 2 atom stereocenters. The Morgan fingerprint density at radius 3 is 2.60 bits per heavy atom. The lowest BCUT2D eigenvalue weighted by atomic mass is 9.99. The van der Waals surface area contributed by atoms with E-state index in [2.05, 4.69) is 47.5 Å². The molecular formula is C18H28N2. The van der Waals surface area contributed by atoms with Gasteiger partial charge in [-0.2, -0.15) is 0 Å². The van der Waals surface area contributed by atoms with Crippen LogP contribution in [0.3, 0.4) is 0 Å². The van der Waals surface area contributed by atoms with Gasteiger partial charge < -0.3 is 10.2 Å². The molecule has 0 amide bonds. The summed E-state index contributed by atoms with van der Waals surface area (Å²) in [5.74, 6) is 0.878. The number of hydrogen-bond donors (Lipinski definition) is 1. The normalized spacial score (nSPS) is 26.1. The first-order valence-electron chi connectivity index (χ1n) is 8.40. The highest BCUT2D eigenvalue weighted by Crippen LogP contribution is 2.41. The summed E-state index contributed by atoms with van der Waals surface area (Å²) in [4.78, 5) is 2.59. The number of nitrogens with one attached hydrogen (secondary N) is 1. The zero-order valence-electron chi connectivity index (χ0n) is 12.7. The second kappa shape index (κ2) is 6.73. The second-order valence-electron chi connectivity index (χ2n) is 6.45. The smallest absolute Gasteiger partial charge is 0.0351 e. The van der Waals surface area contributed by atoms with Crippen LogP contribution in [0.25, 0.3) is 0 Å². The molecule has 0 aromatic heterocycles. The molecule has 2 nitrogen and oxygen atoms in total. The van der Waals surface area contributed by atoms with Crippen LogP contribution in [0.1, 0.15) is 50.6 Å². The molecule has 3 rings (SSSR count). The van der Waals surface area contributed by atoms with Crippen LogP contribution in [-0.4, -0.2) is 30.6 Å². The molecule has 1 saturated heterocycles. The van der Waals surface area contributed by atoms with Crippen LogP contribution in [0.2, 0.25) is 0 Å². The number of hydrogen-bond acceptors (Lipinski definition) is 2. The van der Waals surface area contributed by atoms with E-state index in [1.165, 1.54) is 57.3 Å². The number of rotatable bonds is 5. The van der Waals surface area contributed by atoms with E-state index in [9.17, 15) is 0 Å². The first-order chi connectivity index (χ1) is 9.86. The van der Waals surface area contributed by atoms with E-state index in [0.717, 1.165) is 5.92 Å². The quantitative estimate of drug-likeness (QED) is 0.881. The minimum absolute atomic E-state index is 0.592. The van der Waals surface area contributed by atoms with Gasteiger partial charge in [-0.15, -0.1) is 0 Å². The molecule has 110 valence electrons. The van der Waals surface area contributed by atoms with Crippen molar-refractivity contribution in [3.63, 3.8) is 0 Å². The number of nitrogens with zero attached hydrogens (tertiary/aromatic N) is 1. The van der Waals surface area contributed by atoms with Crippen molar-refractivity contribution in [2.75, 3.05) is 19.6 Å². The summed E-state index contributed by atoms with van der Waals surface area (Å²) in [5, 5.41) is 3.99. The standard InChI is InChI=1S/C18H28N2/c1-2-20-13-6-9-17(12-14-20)19-18(16-10-11-16)15-7-4-3-5-8-15/h3-5,7-8,16-19H,2,6,9-14H2,1H3. The molecule has 2 fully saturated rings. The minimum atomic E-state index is 0.592. The van der Waals surface area contributed by atoms with E-state index in [0.29, 0.717) is 12.1 Å². The maximum Gasteiger partial charge on any atom is 0.0351 e. The van der Waals surface area contributed by atoms with E-state index in [1.807, 2.05) is 0 Å². The van der Waals surface area contributed by atoms with Gasteiger partial charge in [0.25, 0.3) is 0 Å². The molecule has 20 heavy (non-hydrogen) atoms. The van der Waals surface area contributed by atoms with E-state index in [1.54, 1.807) is 0 Å². The molecule has 2 heteroatoms. The lowest BCUT2D eigenvalue weighted by Gasteiger charge is -2.25. The number of benzene rings is 1. The van der Waals surface area contributed by atoms with Crippen LogP contribution >= 0.6 is 0 Å². The first kappa shape index (κ1) is 14.1. The lowest BCUT2D eigenvalue weighted by molar-refractivity contribution is 0.294. The summed E-state index contributed by atoms with van der Waals surface area (Å²) in [6.45, 7) is 6.04. The predicted octanol–water partition coefficient (Wildman–Crippen LogP) is 3.60. The molecule has 1 aromatic carbocycles. The van der Waals surface area contributed by atoms with E-state index >= 15 is 0 Å². The van der Waals surface area contributed by atoms with Crippen LogP contribution in [0.5, 0.6) is 0 Å². The van der Waals surface area contributed by atoms with Gasteiger partial charge in [-0.3, -0.25) is 0 Å². The van der Waals surface area contributed by atoms with Gasteiger partial charge in [0.1, 0.15) is 0 Å². The van der Waals surface area contributed by atoms with Crippen molar-refractivity contribution in [2.45, 2.75) is 51.1 Å². The molecule has 0 spiro atoms. The molecule has 1 heterocycles. The molecule has 1 aliphatic carbocycles. The molecule has 1 N–H and O–H groups in total. The zero-order chi connectivity index (χ0) is 13.8. The van der Waals surface area contributed by atoms with Crippen molar-refractivity contribution in [2.24, 2.45) is 5.92 Å². The first-order valence-corrected chi connectivity index (χ1v) is 8.40. The lowest BCUT2D eigenvalue weighted by Crippen LogP contribution is -2.35. The number of likely N-dealkylation sites (tertiary alicyclic amines) is 1. The highest BCUT2D eigenvalue weighted by Gasteiger charge is 2.33. The van der Waals surface area contributed by atoms with E-state index < -0.39 is 0 Å². The average Bonchev–Trinajstić information content (AvgIpc) is 3.33. The third-order valence-corrected chi connectivity index (χ3v) is 4.94. The summed E-state index contributed by atoms with van der Waals surface area (Å²) in [7, 11) is 0. The van der Waals surface area contributed by atoms with Gasteiger partial charge in [-0.05, 0) is 63.2 Å². The van der Waals surface area contributed by atoms with Gasteiger partial charge in [0.2, 0.25) is 0 Å². The predicted molar refractivity (Wildman–Crippen MR) is 84.8 cm³/mol. The summed E-state index contributed by atoms with van der Waals surface area (Å²) >= 11 is 0. The maximum atomic E-state index is 3.99. The Hall–Kier alpha value is -0.860. The average molecular weight is 272 g/mol. The van der Waals surface area contributed by atoms with Crippen LogP contribution in [0.15, 0.2) is 30.3 Å².